The van der Waals surface area contributed by atoms with Gasteiger partial charge in [-0.3, -0.25) is 0 Å². The standard InChI is InChI=1S/C16H27NO/c1-4-13-6-8-14(9-7-13)15(17-5-2)16-12(3)10-11-18-16/h10-11,13-15,17H,4-9H2,1-3H3. The Labute approximate surface area is 111 Å². The minimum absolute atomic E-state index is 0.419. The molecule has 1 atom stereocenters. The quantitative estimate of drug-likeness (QED) is 0.833. The predicted octanol–water partition coefficient (Wildman–Crippen LogP) is 4.46. The first-order valence-corrected chi connectivity index (χ1v) is 7.53. The van der Waals surface area contributed by atoms with Crippen LogP contribution in [0.1, 0.15) is 63.3 Å². The summed E-state index contributed by atoms with van der Waals surface area (Å²) in [5.41, 5.74) is 1.29. The molecule has 102 valence electrons. The second-order valence-corrected chi connectivity index (χ2v) is 5.69. The van der Waals surface area contributed by atoms with Crippen molar-refractivity contribution in [1.29, 1.82) is 0 Å². The molecule has 1 aromatic heterocycles. The smallest absolute Gasteiger partial charge is 0.123 e. The Kier molecular flexibility index (Phi) is 4.87. The van der Waals surface area contributed by atoms with Crippen LogP contribution in [0, 0.1) is 18.8 Å². The van der Waals surface area contributed by atoms with Crippen LogP contribution in [0.4, 0.5) is 0 Å². The fourth-order valence-electron chi connectivity index (χ4n) is 3.33. The summed E-state index contributed by atoms with van der Waals surface area (Å²) < 4.78 is 5.72. The zero-order chi connectivity index (χ0) is 13.0. The van der Waals surface area contributed by atoms with Crippen LogP contribution >= 0.6 is 0 Å². The van der Waals surface area contributed by atoms with Gasteiger partial charge in [0.25, 0.3) is 0 Å². The number of rotatable bonds is 5. The maximum atomic E-state index is 5.72. The molecule has 1 heterocycles. The molecule has 0 aromatic carbocycles. The van der Waals surface area contributed by atoms with Crippen molar-refractivity contribution in [2.75, 3.05) is 6.54 Å². The van der Waals surface area contributed by atoms with Gasteiger partial charge in [-0.2, -0.15) is 0 Å². The Morgan fingerprint density at radius 2 is 2.00 bits per heavy atom. The first kappa shape index (κ1) is 13.7. The number of furan rings is 1. The third-order valence-corrected chi connectivity index (χ3v) is 4.55. The van der Waals surface area contributed by atoms with Crippen LogP contribution in [-0.2, 0) is 0 Å². The van der Waals surface area contributed by atoms with Gasteiger partial charge in [0.05, 0.1) is 12.3 Å². The van der Waals surface area contributed by atoms with Gasteiger partial charge < -0.3 is 9.73 Å². The van der Waals surface area contributed by atoms with Gasteiger partial charge in [0.15, 0.2) is 0 Å². The molecule has 0 aliphatic heterocycles. The second kappa shape index (κ2) is 6.42. The lowest BCUT2D eigenvalue weighted by atomic mass is 9.76. The molecule has 0 bridgehead atoms. The maximum Gasteiger partial charge on any atom is 0.123 e. The number of hydrogen-bond acceptors (Lipinski definition) is 2. The maximum absolute atomic E-state index is 5.72. The van der Waals surface area contributed by atoms with E-state index in [4.69, 9.17) is 4.42 Å². The Morgan fingerprint density at radius 1 is 1.28 bits per heavy atom. The lowest BCUT2D eigenvalue weighted by Gasteiger charge is -2.33. The average Bonchev–Trinajstić information content (AvgIpc) is 2.82. The van der Waals surface area contributed by atoms with Crippen molar-refractivity contribution >= 4 is 0 Å². The van der Waals surface area contributed by atoms with Crippen molar-refractivity contribution in [3.8, 4) is 0 Å². The normalized spacial score (nSPS) is 26.2. The zero-order valence-corrected chi connectivity index (χ0v) is 12.0. The summed E-state index contributed by atoms with van der Waals surface area (Å²) in [6.07, 6.45) is 8.64. The van der Waals surface area contributed by atoms with Crippen LogP contribution in [0.3, 0.4) is 0 Å². The van der Waals surface area contributed by atoms with Gasteiger partial charge in [0.2, 0.25) is 0 Å². The Hall–Kier alpha value is -0.760. The molecule has 0 amide bonds. The van der Waals surface area contributed by atoms with Crippen molar-refractivity contribution in [2.45, 2.75) is 58.9 Å². The number of hydrogen-bond donors (Lipinski definition) is 1. The fourth-order valence-corrected chi connectivity index (χ4v) is 3.33. The summed E-state index contributed by atoms with van der Waals surface area (Å²) in [6.45, 7) is 7.67. The number of nitrogens with one attached hydrogen (secondary N) is 1. The predicted molar refractivity (Wildman–Crippen MR) is 75.6 cm³/mol. The van der Waals surface area contributed by atoms with E-state index >= 15 is 0 Å². The first-order chi connectivity index (χ1) is 8.76. The first-order valence-electron chi connectivity index (χ1n) is 7.53. The summed E-state index contributed by atoms with van der Waals surface area (Å²) in [6, 6.07) is 2.50. The third-order valence-electron chi connectivity index (χ3n) is 4.55. The molecule has 2 nitrogen and oxygen atoms in total. The molecule has 2 rings (SSSR count). The van der Waals surface area contributed by atoms with Gasteiger partial charge in [-0.25, -0.2) is 0 Å². The monoisotopic (exact) mass is 249 g/mol. The Bertz CT molecular complexity index is 350. The molecular formula is C16H27NO. The van der Waals surface area contributed by atoms with Crippen molar-refractivity contribution in [3.05, 3.63) is 23.7 Å². The molecule has 1 N–H and O–H groups in total. The molecule has 2 heteroatoms. The Morgan fingerprint density at radius 3 is 2.50 bits per heavy atom. The molecule has 18 heavy (non-hydrogen) atoms. The SMILES string of the molecule is CCNC(c1occc1C)C1CCC(CC)CC1. The molecule has 0 saturated heterocycles. The molecule has 1 aliphatic carbocycles. The highest BCUT2D eigenvalue weighted by Crippen LogP contribution is 2.38. The lowest BCUT2D eigenvalue weighted by molar-refractivity contribution is 0.203. The van der Waals surface area contributed by atoms with E-state index < -0.39 is 0 Å². The van der Waals surface area contributed by atoms with Gasteiger partial charge in [-0.1, -0.05) is 33.1 Å². The van der Waals surface area contributed by atoms with Crippen molar-refractivity contribution in [2.24, 2.45) is 11.8 Å². The summed E-state index contributed by atoms with van der Waals surface area (Å²) in [7, 11) is 0. The van der Waals surface area contributed by atoms with E-state index in [0.717, 1.165) is 24.1 Å². The fraction of sp³-hybridized carbons (Fsp3) is 0.750. The highest BCUT2D eigenvalue weighted by Gasteiger charge is 2.29. The minimum atomic E-state index is 0.419. The topological polar surface area (TPSA) is 25.2 Å². The summed E-state index contributed by atoms with van der Waals surface area (Å²) in [5.74, 6) is 2.87. The molecule has 0 radical (unpaired) electrons. The molecular weight excluding hydrogens is 222 g/mol. The average molecular weight is 249 g/mol. The van der Waals surface area contributed by atoms with Gasteiger partial charge >= 0.3 is 0 Å². The molecule has 1 unspecified atom stereocenters. The van der Waals surface area contributed by atoms with E-state index in [1.165, 1.54) is 37.7 Å². The summed E-state index contributed by atoms with van der Waals surface area (Å²) in [5, 5.41) is 3.63. The van der Waals surface area contributed by atoms with Crippen molar-refractivity contribution in [1.82, 2.24) is 5.32 Å². The van der Waals surface area contributed by atoms with Crippen LogP contribution in [0.2, 0.25) is 0 Å². The molecule has 1 saturated carbocycles. The van der Waals surface area contributed by atoms with Gasteiger partial charge in [0.1, 0.15) is 5.76 Å². The van der Waals surface area contributed by atoms with Crippen LogP contribution in [0.25, 0.3) is 0 Å². The molecule has 0 spiro atoms. The van der Waals surface area contributed by atoms with Crippen LogP contribution in [0.5, 0.6) is 0 Å². The number of aryl methyl sites for hydroxylation is 1. The highest BCUT2D eigenvalue weighted by atomic mass is 16.3. The summed E-state index contributed by atoms with van der Waals surface area (Å²) >= 11 is 0. The van der Waals surface area contributed by atoms with Gasteiger partial charge in [-0.15, -0.1) is 0 Å². The zero-order valence-electron chi connectivity index (χ0n) is 12.0. The summed E-state index contributed by atoms with van der Waals surface area (Å²) in [4.78, 5) is 0. The van der Waals surface area contributed by atoms with E-state index in [-0.39, 0.29) is 0 Å². The van der Waals surface area contributed by atoms with E-state index in [1.807, 2.05) is 6.26 Å². The highest BCUT2D eigenvalue weighted by molar-refractivity contribution is 5.19. The van der Waals surface area contributed by atoms with Crippen molar-refractivity contribution < 1.29 is 4.42 Å². The van der Waals surface area contributed by atoms with Crippen LogP contribution in [0.15, 0.2) is 16.7 Å². The van der Waals surface area contributed by atoms with Gasteiger partial charge in [-0.05, 0) is 49.8 Å². The van der Waals surface area contributed by atoms with E-state index in [1.54, 1.807) is 0 Å². The van der Waals surface area contributed by atoms with E-state index in [0.29, 0.717) is 6.04 Å². The van der Waals surface area contributed by atoms with E-state index in [9.17, 15) is 0 Å². The lowest BCUT2D eigenvalue weighted by Crippen LogP contribution is -2.31. The largest absolute Gasteiger partial charge is 0.467 e. The van der Waals surface area contributed by atoms with Crippen LogP contribution < -0.4 is 5.32 Å². The third kappa shape index (κ3) is 2.97. The molecule has 1 aromatic rings. The van der Waals surface area contributed by atoms with E-state index in [2.05, 4.69) is 32.2 Å². The Balaban J connectivity index is 2.05. The molecule has 1 fully saturated rings. The van der Waals surface area contributed by atoms with Gasteiger partial charge in [0, 0.05) is 0 Å². The second-order valence-electron chi connectivity index (χ2n) is 5.69. The van der Waals surface area contributed by atoms with Crippen molar-refractivity contribution in [3.63, 3.8) is 0 Å². The minimum Gasteiger partial charge on any atom is -0.467 e. The van der Waals surface area contributed by atoms with Crippen LogP contribution in [-0.4, -0.2) is 6.54 Å². The molecule has 1 aliphatic rings.